The normalized spacial score (nSPS) is 10.4. The Balaban J connectivity index is 1.82. The van der Waals surface area contributed by atoms with Gasteiger partial charge in [-0.25, -0.2) is 0 Å². The number of amides is 1. The number of rotatable bonds is 5. The summed E-state index contributed by atoms with van der Waals surface area (Å²) < 4.78 is 0. The lowest BCUT2D eigenvalue weighted by Gasteiger charge is -2.08. The quantitative estimate of drug-likeness (QED) is 0.779. The highest BCUT2D eigenvalue weighted by molar-refractivity contribution is 7.99. The van der Waals surface area contributed by atoms with Crippen molar-refractivity contribution in [1.29, 1.82) is 0 Å². The minimum Gasteiger partial charge on any atom is -0.326 e. The minimum absolute atomic E-state index is 0.0139. The molecule has 21 heavy (non-hydrogen) atoms. The van der Waals surface area contributed by atoms with Crippen LogP contribution < -0.4 is 5.32 Å². The van der Waals surface area contributed by atoms with Crippen molar-refractivity contribution in [3.05, 3.63) is 58.6 Å². The van der Waals surface area contributed by atoms with Crippen molar-refractivity contribution in [2.45, 2.75) is 25.2 Å². The Bertz CT molecular complexity index is 625. The molecule has 0 aromatic heterocycles. The summed E-state index contributed by atoms with van der Waals surface area (Å²) in [7, 11) is 0. The Morgan fingerprint density at radius 1 is 1.14 bits per heavy atom. The number of benzene rings is 2. The summed E-state index contributed by atoms with van der Waals surface area (Å²) in [5.74, 6) is 0.772. The molecule has 0 atom stereocenters. The van der Waals surface area contributed by atoms with Gasteiger partial charge in [0.1, 0.15) is 0 Å². The second-order valence-corrected chi connectivity index (χ2v) is 6.52. The summed E-state index contributed by atoms with van der Waals surface area (Å²) in [6.07, 6.45) is 0.477. The summed E-state index contributed by atoms with van der Waals surface area (Å²) in [5, 5.41) is 3.54. The summed E-state index contributed by atoms with van der Waals surface area (Å²) in [6, 6.07) is 13.8. The van der Waals surface area contributed by atoms with E-state index >= 15 is 0 Å². The average Bonchev–Trinajstić information content (AvgIpc) is 2.45. The monoisotopic (exact) mass is 319 g/mol. The summed E-state index contributed by atoms with van der Waals surface area (Å²) >= 11 is 7.63. The molecule has 2 nitrogen and oxygen atoms in total. The predicted molar refractivity (Wildman–Crippen MR) is 91.3 cm³/mol. The molecule has 0 aliphatic carbocycles. The summed E-state index contributed by atoms with van der Waals surface area (Å²) in [6.45, 7) is 4.02. The van der Waals surface area contributed by atoms with E-state index in [4.69, 9.17) is 11.6 Å². The summed E-state index contributed by atoms with van der Waals surface area (Å²) in [4.78, 5) is 13.1. The number of carbonyl (C=O) groups excluding carboxylic acids is 1. The molecule has 0 fully saturated rings. The van der Waals surface area contributed by atoms with Crippen LogP contribution in [0.2, 0.25) is 5.02 Å². The van der Waals surface area contributed by atoms with E-state index in [-0.39, 0.29) is 5.91 Å². The Hall–Kier alpha value is -1.45. The van der Waals surface area contributed by atoms with Crippen LogP contribution in [0, 0.1) is 13.8 Å². The van der Waals surface area contributed by atoms with Crippen molar-refractivity contribution < 1.29 is 4.79 Å². The zero-order valence-corrected chi connectivity index (χ0v) is 13.7. The first-order valence-corrected chi connectivity index (χ1v) is 8.16. The van der Waals surface area contributed by atoms with E-state index in [1.54, 1.807) is 17.8 Å². The highest BCUT2D eigenvalue weighted by Gasteiger charge is 2.06. The van der Waals surface area contributed by atoms with E-state index in [2.05, 4.69) is 36.5 Å². The van der Waals surface area contributed by atoms with Crippen LogP contribution >= 0.6 is 23.4 Å². The van der Waals surface area contributed by atoms with Gasteiger partial charge < -0.3 is 5.32 Å². The zero-order chi connectivity index (χ0) is 15.2. The molecule has 0 aliphatic heterocycles. The molecule has 1 N–H and O–H groups in total. The van der Waals surface area contributed by atoms with Crippen molar-refractivity contribution in [3.63, 3.8) is 0 Å². The van der Waals surface area contributed by atoms with Gasteiger partial charge in [0.25, 0.3) is 0 Å². The molecule has 0 aliphatic rings. The zero-order valence-electron chi connectivity index (χ0n) is 12.2. The number of halogens is 1. The predicted octanol–water partition coefficient (Wildman–Crippen LogP) is 5.08. The lowest BCUT2D eigenvalue weighted by molar-refractivity contribution is -0.115. The SMILES string of the molecule is Cc1ccc(SCCC(=O)Nc2cc(Cl)ccc2C)cc1. The van der Waals surface area contributed by atoms with Gasteiger partial charge in [-0.05, 0) is 43.7 Å². The third kappa shape index (κ3) is 5.10. The fraction of sp³-hybridized carbons (Fsp3) is 0.235. The van der Waals surface area contributed by atoms with Crippen LogP contribution in [0.3, 0.4) is 0 Å². The van der Waals surface area contributed by atoms with Gasteiger partial charge in [-0.15, -0.1) is 11.8 Å². The third-order valence-corrected chi connectivity index (χ3v) is 4.34. The number of hydrogen-bond acceptors (Lipinski definition) is 2. The fourth-order valence-electron chi connectivity index (χ4n) is 1.84. The second-order valence-electron chi connectivity index (χ2n) is 4.92. The maximum absolute atomic E-state index is 12.0. The van der Waals surface area contributed by atoms with Crippen molar-refractivity contribution >= 4 is 35.0 Å². The second kappa shape index (κ2) is 7.53. The molecule has 2 rings (SSSR count). The summed E-state index contributed by atoms with van der Waals surface area (Å²) in [5.41, 5.74) is 3.04. The standard InChI is InChI=1S/C17H18ClNOS/c1-12-3-7-15(8-4-12)21-10-9-17(20)19-16-11-14(18)6-5-13(16)2/h3-8,11H,9-10H2,1-2H3,(H,19,20). The number of nitrogens with one attached hydrogen (secondary N) is 1. The Labute approximate surface area is 134 Å². The molecule has 110 valence electrons. The maximum atomic E-state index is 12.0. The lowest BCUT2D eigenvalue weighted by Crippen LogP contribution is -2.13. The van der Waals surface area contributed by atoms with Crippen molar-refractivity contribution in [2.75, 3.05) is 11.1 Å². The fourth-order valence-corrected chi connectivity index (χ4v) is 2.86. The molecule has 4 heteroatoms. The topological polar surface area (TPSA) is 29.1 Å². The largest absolute Gasteiger partial charge is 0.326 e. The first-order chi connectivity index (χ1) is 10.0. The smallest absolute Gasteiger partial charge is 0.225 e. The van der Waals surface area contributed by atoms with E-state index in [9.17, 15) is 4.79 Å². The van der Waals surface area contributed by atoms with E-state index < -0.39 is 0 Å². The van der Waals surface area contributed by atoms with Gasteiger partial charge in [-0.3, -0.25) is 4.79 Å². The molecular formula is C17H18ClNOS. The van der Waals surface area contributed by atoms with E-state index in [0.29, 0.717) is 11.4 Å². The van der Waals surface area contributed by atoms with Gasteiger partial charge in [-0.1, -0.05) is 35.4 Å². The molecule has 0 heterocycles. The molecule has 2 aromatic rings. The van der Waals surface area contributed by atoms with Crippen molar-refractivity contribution in [2.24, 2.45) is 0 Å². The highest BCUT2D eigenvalue weighted by Crippen LogP contribution is 2.22. The van der Waals surface area contributed by atoms with Gasteiger partial charge in [0.05, 0.1) is 0 Å². The average molecular weight is 320 g/mol. The molecule has 0 unspecified atom stereocenters. The molecular weight excluding hydrogens is 302 g/mol. The number of anilines is 1. The van der Waals surface area contributed by atoms with Gasteiger partial charge in [0, 0.05) is 27.8 Å². The Morgan fingerprint density at radius 3 is 2.57 bits per heavy atom. The lowest BCUT2D eigenvalue weighted by atomic mass is 10.2. The maximum Gasteiger partial charge on any atom is 0.225 e. The van der Waals surface area contributed by atoms with Gasteiger partial charge >= 0.3 is 0 Å². The van der Waals surface area contributed by atoms with Gasteiger partial charge in [0.2, 0.25) is 5.91 Å². The van der Waals surface area contributed by atoms with E-state index in [1.165, 1.54) is 10.5 Å². The van der Waals surface area contributed by atoms with Gasteiger partial charge in [0.15, 0.2) is 0 Å². The molecule has 0 bridgehead atoms. The molecule has 0 saturated carbocycles. The van der Waals surface area contributed by atoms with Crippen molar-refractivity contribution in [1.82, 2.24) is 0 Å². The number of aryl methyl sites for hydroxylation is 2. The van der Waals surface area contributed by atoms with E-state index in [0.717, 1.165) is 17.0 Å². The van der Waals surface area contributed by atoms with Crippen LogP contribution in [0.15, 0.2) is 47.4 Å². The number of carbonyl (C=O) groups is 1. The molecule has 2 aromatic carbocycles. The Morgan fingerprint density at radius 2 is 1.86 bits per heavy atom. The number of hydrogen-bond donors (Lipinski definition) is 1. The highest BCUT2D eigenvalue weighted by atomic mass is 35.5. The first kappa shape index (κ1) is 15.9. The molecule has 1 amide bonds. The first-order valence-electron chi connectivity index (χ1n) is 6.80. The van der Waals surface area contributed by atoms with E-state index in [1.807, 2.05) is 19.1 Å². The Kier molecular flexibility index (Phi) is 5.71. The van der Waals surface area contributed by atoms with Crippen LogP contribution in [-0.2, 0) is 4.79 Å². The number of thioether (sulfide) groups is 1. The third-order valence-electron chi connectivity index (χ3n) is 3.09. The molecule has 0 radical (unpaired) electrons. The van der Waals surface area contributed by atoms with Crippen LogP contribution in [0.1, 0.15) is 17.5 Å². The molecule has 0 spiro atoms. The van der Waals surface area contributed by atoms with Crippen molar-refractivity contribution in [3.8, 4) is 0 Å². The van der Waals surface area contributed by atoms with Crippen LogP contribution in [0.25, 0.3) is 0 Å². The minimum atomic E-state index is 0.0139. The van der Waals surface area contributed by atoms with Gasteiger partial charge in [-0.2, -0.15) is 0 Å². The van der Waals surface area contributed by atoms with Crippen LogP contribution in [-0.4, -0.2) is 11.7 Å². The van der Waals surface area contributed by atoms with Crippen LogP contribution in [0.5, 0.6) is 0 Å². The molecule has 0 saturated heterocycles. The van der Waals surface area contributed by atoms with Crippen LogP contribution in [0.4, 0.5) is 5.69 Å².